The van der Waals surface area contributed by atoms with Crippen LogP contribution in [0.2, 0.25) is 0 Å². The molecule has 0 saturated carbocycles. The van der Waals surface area contributed by atoms with Crippen molar-refractivity contribution in [2.45, 2.75) is 46.2 Å². The standard InChI is InChI=1S/C16H24N4/c1-4-12(2)10-13(3)17-11-15-16(19-20-18-15)14-8-6-5-7-9-14/h5-9,12-13,17H,4,10-11H2,1-3H3,(H,18,19,20). The Hall–Kier alpha value is -1.68. The summed E-state index contributed by atoms with van der Waals surface area (Å²) in [4.78, 5) is 0. The fourth-order valence-corrected chi connectivity index (χ4v) is 2.33. The third kappa shape index (κ3) is 3.90. The van der Waals surface area contributed by atoms with Gasteiger partial charge in [-0.2, -0.15) is 15.4 Å². The molecule has 0 spiro atoms. The van der Waals surface area contributed by atoms with Gasteiger partial charge in [0.05, 0.1) is 0 Å². The van der Waals surface area contributed by atoms with Crippen molar-refractivity contribution in [3.05, 3.63) is 36.0 Å². The predicted octanol–water partition coefficient (Wildman–Crippen LogP) is 3.39. The van der Waals surface area contributed by atoms with Crippen LogP contribution in [0, 0.1) is 5.92 Å². The van der Waals surface area contributed by atoms with Crippen molar-refractivity contribution in [2.75, 3.05) is 0 Å². The lowest BCUT2D eigenvalue weighted by Crippen LogP contribution is -2.27. The number of nitrogens with zero attached hydrogens (tertiary/aromatic N) is 2. The highest BCUT2D eigenvalue weighted by Crippen LogP contribution is 2.19. The molecule has 1 heterocycles. The molecular formula is C16H24N4. The molecule has 2 N–H and O–H groups in total. The van der Waals surface area contributed by atoms with Gasteiger partial charge in [0.1, 0.15) is 11.4 Å². The van der Waals surface area contributed by atoms with E-state index in [2.05, 4.69) is 53.6 Å². The summed E-state index contributed by atoms with van der Waals surface area (Å²) in [7, 11) is 0. The molecule has 2 unspecified atom stereocenters. The molecule has 2 atom stereocenters. The number of nitrogens with one attached hydrogen (secondary N) is 2. The van der Waals surface area contributed by atoms with E-state index >= 15 is 0 Å². The van der Waals surface area contributed by atoms with Crippen molar-refractivity contribution < 1.29 is 0 Å². The molecule has 0 amide bonds. The first-order chi connectivity index (χ1) is 9.70. The molecule has 108 valence electrons. The van der Waals surface area contributed by atoms with Gasteiger partial charge >= 0.3 is 0 Å². The van der Waals surface area contributed by atoms with Crippen molar-refractivity contribution in [3.8, 4) is 11.3 Å². The predicted molar refractivity (Wildman–Crippen MR) is 82.2 cm³/mol. The minimum absolute atomic E-state index is 0.491. The van der Waals surface area contributed by atoms with Crippen molar-refractivity contribution in [3.63, 3.8) is 0 Å². The van der Waals surface area contributed by atoms with Gasteiger partial charge in [-0.1, -0.05) is 50.6 Å². The van der Waals surface area contributed by atoms with E-state index in [1.54, 1.807) is 0 Å². The average molecular weight is 272 g/mol. The van der Waals surface area contributed by atoms with E-state index in [1.165, 1.54) is 12.8 Å². The molecule has 0 bridgehead atoms. The van der Waals surface area contributed by atoms with Crippen molar-refractivity contribution in [2.24, 2.45) is 5.92 Å². The van der Waals surface area contributed by atoms with Crippen LogP contribution in [-0.4, -0.2) is 21.5 Å². The molecule has 2 aromatic rings. The van der Waals surface area contributed by atoms with Crippen LogP contribution in [0.3, 0.4) is 0 Å². The fourth-order valence-electron chi connectivity index (χ4n) is 2.33. The van der Waals surface area contributed by atoms with Gasteiger partial charge in [0.2, 0.25) is 0 Å². The Kier molecular flexibility index (Phi) is 5.30. The van der Waals surface area contributed by atoms with Gasteiger partial charge < -0.3 is 5.32 Å². The number of aromatic amines is 1. The van der Waals surface area contributed by atoms with Crippen LogP contribution in [0.5, 0.6) is 0 Å². The number of aromatic nitrogens is 3. The normalized spacial score (nSPS) is 14.2. The number of benzene rings is 1. The molecule has 2 rings (SSSR count). The van der Waals surface area contributed by atoms with Crippen LogP contribution >= 0.6 is 0 Å². The van der Waals surface area contributed by atoms with Gasteiger partial charge in [0.25, 0.3) is 0 Å². The van der Waals surface area contributed by atoms with Crippen molar-refractivity contribution in [1.82, 2.24) is 20.7 Å². The summed E-state index contributed by atoms with van der Waals surface area (Å²) < 4.78 is 0. The molecule has 4 nitrogen and oxygen atoms in total. The molecule has 0 aliphatic heterocycles. The smallest absolute Gasteiger partial charge is 0.117 e. The molecule has 4 heteroatoms. The van der Waals surface area contributed by atoms with E-state index in [0.717, 1.165) is 29.4 Å². The van der Waals surface area contributed by atoms with Crippen molar-refractivity contribution >= 4 is 0 Å². The Balaban J connectivity index is 1.96. The molecule has 0 fully saturated rings. The minimum atomic E-state index is 0.491. The van der Waals surface area contributed by atoms with Gasteiger partial charge in [-0.05, 0) is 19.3 Å². The molecule has 1 aromatic carbocycles. The molecule has 0 aliphatic rings. The van der Waals surface area contributed by atoms with Crippen LogP contribution in [0.1, 0.15) is 39.3 Å². The number of hydrogen-bond acceptors (Lipinski definition) is 3. The number of H-pyrrole nitrogens is 1. The Morgan fingerprint density at radius 2 is 1.90 bits per heavy atom. The Morgan fingerprint density at radius 3 is 2.60 bits per heavy atom. The zero-order valence-electron chi connectivity index (χ0n) is 12.6. The fraction of sp³-hybridized carbons (Fsp3) is 0.500. The lowest BCUT2D eigenvalue weighted by molar-refractivity contribution is 0.410. The van der Waals surface area contributed by atoms with Gasteiger partial charge in [-0.15, -0.1) is 0 Å². The Labute approximate surface area is 121 Å². The van der Waals surface area contributed by atoms with Gasteiger partial charge in [-0.25, -0.2) is 0 Å². The van der Waals surface area contributed by atoms with E-state index in [0.29, 0.717) is 6.04 Å². The molecular weight excluding hydrogens is 248 g/mol. The zero-order chi connectivity index (χ0) is 14.4. The maximum atomic E-state index is 4.27. The van der Waals surface area contributed by atoms with Crippen LogP contribution in [-0.2, 0) is 6.54 Å². The Morgan fingerprint density at radius 1 is 1.15 bits per heavy atom. The quantitative estimate of drug-likeness (QED) is 0.812. The van der Waals surface area contributed by atoms with Crippen LogP contribution in [0.25, 0.3) is 11.3 Å². The molecule has 0 saturated heterocycles. The van der Waals surface area contributed by atoms with E-state index in [4.69, 9.17) is 0 Å². The maximum absolute atomic E-state index is 4.27. The first-order valence-corrected chi connectivity index (χ1v) is 7.39. The second-order valence-electron chi connectivity index (χ2n) is 5.52. The second kappa shape index (κ2) is 7.20. The summed E-state index contributed by atoms with van der Waals surface area (Å²) in [6.07, 6.45) is 2.42. The molecule has 0 radical (unpaired) electrons. The summed E-state index contributed by atoms with van der Waals surface area (Å²) in [6, 6.07) is 10.7. The highest BCUT2D eigenvalue weighted by atomic mass is 15.3. The third-order valence-electron chi connectivity index (χ3n) is 3.74. The highest BCUT2D eigenvalue weighted by molar-refractivity contribution is 5.60. The van der Waals surface area contributed by atoms with E-state index in [9.17, 15) is 0 Å². The first-order valence-electron chi connectivity index (χ1n) is 7.39. The van der Waals surface area contributed by atoms with Gasteiger partial charge in [0.15, 0.2) is 0 Å². The average Bonchev–Trinajstić information content (AvgIpc) is 2.94. The highest BCUT2D eigenvalue weighted by Gasteiger charge is 2.12. The summed E-state index contributed by atoms with van der Waals surface area (Å²) in [5.74, 6) is 0.753. The van der Waals surface area contributed by atoms with Crippen LogP contribution in [0.4, 0.5) is 0 Å². The largest absolute Gasteiger partial charge is 0.309 e. The monoisotopic (exact) mass is 272 g/mol. The summed E-state index contributed by atoms with van der Waals surface area (Å²) in [6.45, 7) is 7.51. The summed E-state index contributed by atoms with van der Waals surface area (Å²) >= 11 is 0. The molecule has 1 aromatic heterocycles. The van der Waals surface area contributed by atoms with E-state index in [-0.39, 0.29) is 0 Å². The number of hydrogen-bond donors (Lipinski definition) is 2. The van der Waals surface area contributed by atoms with E-state index < -0.39 is 0 Å². The summed E-state index contributed by atoms with van der Waals surface area (Å²) in [5, 5.41) is 14.8. The number of rotatable bonds is 7. The van der Waals surface area contributed by atoms with Gasteiger partial charge in [0, 0.05) is 18.2 Å². The maximum Gasteiger partial charge on any atom is 0.117 e. The lowest BCUT2D eigenvalue weighted by atomic mass is 10.0. The second-order valence-corrected chi connectivity index (χ2v) is 5.52. The van der Waals surface area contributed by atoms with Crippen molar-refractivity contribution in [1.29, 1.82) is 0 Å². The minimum Gasteiger partial charge on any atom is -0.309 e. The van der Waals surface area contributed by atoms with Crippen LogP contribution in [0.15, 0.2) is 30.3 Å². The summed E-state index contributed by atoms with van der Waals surface area (Å²) in [5.41, 5.74) is 3.02. The van der Waals surface area contributed by atoms with Crippen LogP contribution < -0.4 is 5.32 Å². The zero-order valence-corrected chi connectivity index (χ0v) is 12.6. The third-order valence-corrected chi connectivity index (χ3v) is 3.74. The molecule has 20 heavy (non-hydrogen) atoms. The SMILES string of the molecule is CCC(C)CC(C)NCc1n[nH]nc1-c1ccccc1. The Bertz CT molecular complexity index is 506. The topological polar surface area (TPSA) is 53.6 Å². The van der Waals surface area contributed by atoms with E-state index in [1.807, 2.05) is 18.2 Å². The lowest BCUT2D eigenvalue weighted by Gasteiger charge is -2.17. The van der Waals surface area contributed by atoms with Gasteiger partial charge in [-0.3, -0.25) is 0 Å². The molecule has 0 aliphatic carbocycles. The first kappa shape index (κ1) is 14.7.